The van der Waals surface area contributed by atoms with E-state index in [0.29, 0.717) is 12.1 Å². The predicted octanol–water partition coefficient (Wildman–Crippen LogP) is 4.46. The number of aryl methyl sites for hydroxylation is 1. The highest BCUT2D eigenvalue weighted by atomic mass is 79.9. The number of terminal acetylenes is 1. The second-order valence-electron chi connectivity index (χ2n) is 5.10. The molecule has 0 bridgehead atoms. The largest absolute Gasteiger partial charge is 0.352 e. The minimum atomic E-state index is -1.15. The van der Waals surface area contributed by atoms with Gasteiger partial charge in [0.15, 0.2) is 11.6 Å². The lowest BCUT2D eigenvalue weighted by Gasteiger charge is -2.15. The molecule has 0 atom stereocenters. The molecule has 0 aliphatic rings. The van der Waals surface area contributed by atoms with Crippen molar-refractivity contribution in [1.82, 2.24) is 5.48 Å². The Labute approximate surface area is 152 Å². The van der Waals surface area contributed by atoms with E-state index >= 15 is 0 Å². The van der Waals surface area contributed by atoms with Gasteiger partial charge in [0.25, 0.3) is 5.91 Å². The number of carbonyl (C=O) groups is 1. The fourth-order valence-electron chi connectivity index (χ4n) is 2.05. The molecular weight excluding hydrogens is 394 g/mol. The zero-order valence-electron chi connectivity index (χ0n) is 13.3. The van der Waals surface area contributed by atoms with Gasteiger partial charge in [0.1, 0.15) is 0 Å². The highest BCUT2D eigenvalue weighted by Crippen LogP contribution is 2.29. The topological polar surface area (TPSA) is 50.4 Å². The molecule has 7 heteroatoms. The lowest BCUT2D eigenvalue weighted by atomic mass is 10.1. The number of benzene rings is 2. The summed E-state index contributed by atoms with van der Waals surface area (Å²) in [7, 11) is 0. The molecule has 0 aliphatic heterocycles. The maximum absolute atomic E-state index is 14.3. The number of hydrogen-bond acceptors (Lipinski definition) is 3. The molecule has 0 saturated carbocycles. The van der Waals surface area contributed by atoms with E-state index in [1.165, 1.54) is 6.07 Å². The molecule has 0 heterocycles. The van der Waals surface area contributed by atoms with Crippen molar-refractivity contribution in [3.05, 3.63) is 57.6 Å². The van der Waals surface area contributed by atoms with Crippen LogP contribution in [0.4, 0.5) is 20.2 Å². The van der Waals surface area contributed by atoms with Crippen molar-refractivity contribution in [1.29, 1.82) is 0 Å². The number of hydrogen-bond donors (Lipinski definition) is 2. The molecule has 0 radical (unpaired) electrons. The lowest BCUT2D eigenvalue weighted by molar-refractivity contribution is 0.0335. The summed E-state index contributed by atoms with van der Waals surface area (Å²) in [5.74, 6) is -0.586. The summed E-state index contributed by atoms with van der Waals surface area (Å²) < 4.78 is 28.7. The SMILES string of the molecule is C#CCCONC(=O)c1ccc(F)c(F)c1Nc1ccc(Br)cc1C. The van der Waals surface area contributed by atoms with Crippen LogP contribution < -0.4 is 10.8 Å². The zero-order valence-corrected chi connectivity index (χ0v) is 14.9. The number of amides is 1. The van der Waals surface area contributed by atoms with E-state index in [9.17, 15) is 13.6 Å². The lowest BCUT2D eigenvalue weighted by Crippen LogP contribution is -2.25. The first kappa shape index (κ1) is 18.9. The fourth-order valence-corrected chi connectivity index (χ4v) is 2.52. The summed E-state index contributed by atoms with van der Waals surface area (Å²) in [5, 5.41) is 2.78. The van der Waals surface area contributed by atoms with Gasteiger partial charge in [-0.25, -0.2) is 14.3 Å². The van der Waals surface area contributed by atoms with Gasteiger partial charge in [-0.15, -0.1) is 12.3 Å². The van der Waals surface area contributed by atoms with Crippen LogP contribution in [-0.2, 0) is 4.84 Å². The molecule has 4 nitrogen and oxygen atoms in total. The average Bonchev–Trinajstić information content (AvgIpc) is 2.58. The third-order valence-corrected chi connectivity index (χ3v) is 3.79. The first-order valence-corrected chi connectivity index (χ1v) is 8.10. The maximum Gasteiger partial charge on any atom is 0.277 e. The first-order chi connectivity index (χ1) is 11.9. The Morgan fingerprint density at radius 3 is 2.76 bits per heavy atom. The Kier molecular flexibility index (Phi) is 6.51. The van der Waals surface area contributed by atoms with Gasteiger partial charge < -0.3 is 5.32 Å². The second kappa shape index (κ2) is 8.60. The van der Waals surface area contributed by atoms with E-state index in [0.717, 1.165) is 16.1 Å². The van der Waals surface area contributed by atoms with E-state index in [1.807, 2.05) is 6.07 Å². The van der Waals surface area contributed by atoms with Gasteiger partial charge in [-0.05, 0) is 42.8 Å². The Morgan fingerprint density at radius 1 is 1.32 bits per heavy atom. The summed E-state index contributed by atoms with van der Waals surface area (Å²) in [6.07, 6.45) is 5.39. The highest BCUT2D eigenvalue weighted by Gasteiger charge is 2.19. The van der Waals surface area contributed by atoms with Crippen molar-refractivity contribution >= 4 is 33.2 Å². The van der Waals surface area contributed by atoms with E-state index in [-0.39, 0.29) is 17.9 Å². The Morgan fingerprint density at radius 2 is 2.08 bits per heavy atom. The van der Waals surface area contributed by atoms with Gasteiger partial charge in [-0.1, -0.05) is 15.9 Å². The molecule has 2 aromatic rings. The third kappa shape index (κ3) is 4.78. The summed E-state index contributed by atoms with van der Waals surface area (Å²) in [6, 6.07) is 7.30. The Bertz CT molecular complexity index is 835. The van der Waals surface area contributed by atoms with Gasteiger partial charge in [0.05, 0.1) is 17.9 Å². The molecule has 2 aromatic carbocycles. The summed E-state index contributed by atoms with van der Waals surface area (Å²) >= 11 is 3.33. The normalized spacial score (nSPS) is 10.2. The maximum atomic E-state index is 14.3. The number of hydroxylamine groups is 1. The van der Waals surface area contributed by atoms with Crippen molar-refractivity contribution in [3.63, 3.8) is 0 Å². The van der Waals surface area contributed by atoms with Gasteiger partial charge >= 0.3 is 0 Å². The van der Waals surface area contributed by atoms with Crippen LogP contribution in [0.15, 0.2) is 34.8 Å². The van der Waals surface area contributed by atoms with Crippen LogP contribution in [0.5, 0.6) is 0 Å². The van der Waals surface area contributed by atoms with Crippen molar-refractivity contribution in [2.75, 3.05) is 11.9 Å². The van der Waals surface area contributed by atoms with Gasteiger partial charge in [0.2, 0.25) is 0 Å². The first-order valence-electron chi connectivity index (χ1n) is 7.30. The number of nitrogens with one attached hydrogen (secondary N) is 2. The van der Waals surface area contributed by atoms with Crippen LogP contribution in [0, 0.1) is 30.9 Å². The van der Waals surface area contributed by atoms with Gasteiger partial charge in [-0.2, -0.15) is 0 Å². The molecule has 130 valence electrons. The summed E-state index contributed by atoms with van der Waals surface area (Å²) in [4.78, 5) is 17.1. The van der Waals surface area contributed by atoms with E-state index < -0.39 is 17.5 Å². The van der Waals surface area contributed by atoms with Crippen LogP contribution in [0.2, 0.25) is 0 Å². The van der Waals surface area contributed by atoms with Crippen LogP contribution in [0.1, 0.15) is 22.3 Å². The van der Waals surface area contributed by atoms with Crippen molar-refractivity contribution in [2.24, 2.45) is 0 Å². The molecule has 1 amide bonds. The molecule has 0 saturated heterocycles. The van der Waals surface area contributed by atoms with Gasteiger partial charge in [-0.3, -0.25) is 9.63 Å². The Balaban J connectivity index is 2.31. The number of anilines is 2. The second-order valence-corrected chi connectivity index (χ2v) is 6.02. The van der Waals surface area contributed by atoms with Crippen molar-refractivity contribution in [2.45, 2.75) is 13.3 Å². The van der Waals surface area contributed by atoms with Crippen LogP contribution in [-0.4, -0.2) is 12.5 Å². The van der Waals surface area contributed by atoms with E-state index in [1.54, 1.807) is 19.1 Å². The Hall–Kier alpha value is -2.43. The average molecular weight is 409 g/mol. The van der Waals surface area contributed by atoms with E-state index in [4.69, 9.17) is 11.3 Å². The summed E-state index contributed by atoms with van der Waals surface area (Å²) in [6.45, 7) is 1.91. The van der Waals surface area contributed by atoms with Crippen LogP contribution in [0.3, 0.4) is 0 Å². The fraction of sp³-hybridized carbons (Fsp3) is 0.167. The number of halogens is 3. The van der Waals surface area contributed by atoms with Crippen molar-refractivity contribution < 1.29 is 18.4 Å². The molecule has 0 unspecified atom stereocenters. The monoisotopic (exact) mass is 408 g/mol. The quantitative estimate of drug-likeness (QED) is 0.421. The van der Waals surface area contributed by atoms with Gasteiger partial charge in [0, 0.05) is 16.6 Å². The molecular formula is C18H15BrF2N2O2. The molecule has 0 aliphatic carbocycles. The molecule has 25 heavy (non-hydrogen) atoms. The minimum Gasteiger partial charge on any atom is -0.352 e. The minimum absolute atomic E-state index is 0.0954. The van der Waals surface area contributed by atoms with Crippen LogP contribution >= 0.6 is 15.9 Å². The molecule has 0 spiro atoms. The van der Waals surface area contributed by atoms with Crippen LogP contribution in [0.25, 0.3) is 0 Å². The number of carbonyl (C=O) groups excluding carboxylic acids is 1. The molecule has 2 rings (SSSR count). The van der Waals surface area contributed by atoms with E-state index in [2.05, 4.69) is 32.6 Å². The molecule has 2 N–H and O–H groups in total. The molecule has 0 aromatic heterocycles. The summed E-state index contributed by atoms with van der Waals surface area (Å²) in [5.41, 5.74) is 3.11. The smallest absolute Gasteiger partial charge is 0.277 e. The molecule has 0 fully saturated rings. The zero-order chi connectivity index (χ0) is 18.4. The third-order valence-electron chi connectivity index (χ3n) is 3.30. The standard InChI is InChI=1S/C18H15BrF2N2O2/c1-3-4-9-25-23-18(24)13-6-7-14(20)16(21)17(13)22-15-8-5-12(19)10-11(15)2/h1,5-8,10,22H,4,9H2,2H3,(H,23,24). The highest BCUT2D eigenvalue weighted by molar-refractivity contribution is 9.10. The predicted molar refractivity (Wildman–Crippen MR) is 95.4 cm³/mol. The number of rotatable bonds is 6. The van der Waals surface area contributed by atoms with Crippen molar-refractivity contribution in [3.8, 4) is 12.3 Å².